The first-order chi connectivity index (χ1) is 6.45. The van der Waals surface area contributed by atoms with Gasteiger partial charge in [-0.05, 0) is 30.7 Å². The summed E-state index contributed by atoms with van der Waals surface area (Å²) in [7, 11) is 0. The molecule has 0 amide bonds. The maximum atomic E-state index is 5.70. The first-order valence-corrected chi connectivity index (χ1v) is 4.66. The summed E-state index contributed by atoms with van der Waals surface area (Å²) in [5.41, 5.74) is 1.20. The van der Waals surface area contributed by atoms with Gasteiger partial charge in [-0.15, -0.1) is 12.4 Å². The second-order valence-corrected chi connectivity index (χ2v) is 3.28. The van der Waals surface area contributed by atoms with Gasteiger partial charge in [-0.3, -0.25) is 4.98 Å². The molecule has 1 fully saturated rings. The smallest absolute Gasteiger partial charge is 0.0722 e. The standard InChI is InChI=1S/C10H14N2O.ClH/c1-4-11-5-2-9(1)8-13-10-3-6-12-7-10;/h1-2,4-5,10,12H,3,6-8H2;1H. The van der Waals surface area contributed by atoms with E-state index in [4.69, 9.17) is 4.74 Å². The fraction of sp³-hybridized carbons (Fsp3) is 0.500. The van der Waals surface area contributed by atoms with E-state index in [2.05, 4.69) is 10.3 Å². The Morgan fingerprint density at radius 1 is 1.43 bits per heavy atom. The molecule has 2 heterocycles. The highest BCUT2D eigenvalue weighted by molar-refractivity contribution is 5.85. The molecule has 0 aliphatic carbocycles. The third-order valence-corrected chi connectivity index (χ3v) is 2.25. The second kappa shape index (κ2) is 5.96. The van der Waals surface area contributed by atoms with Crippen LogP contribution in [0.5, 0.6) is 0 Å². The van der Waals surface area contributed by atoms with Gasteiger partial charge in [-0.1, -0.05) is 0 Å². The maximum Gasteiger partial charge on any atom is 0.0722 e. The number of halogens is 1. The van der Waals surface area contributed by atoms with Crippen LogP contribution in [-0.4, -0.2) is 24.2 Å². The third-order valence-electron chi connectivity index (χ3n) is 2.25. The van der Waals surface area contributed by atoms with Gasteiger partial charge in [0.15, 0.2) is 0 Å². The highest BCUT2D eigenvalue weighted by Gasteiger charge is 2.14. The molecule has 0 saturated carbocycles. The fourth-order valence-electron chi connectivity index (χ4n) is 1.46. The predicted octanol–water partition coefficient (Wildman–Crippen LogP) is 1.38. The molecule has 1 N–H and O–H groups in total. The topological polar surface area (TPSA) is 34.1 Å². The Morgan fingerprint density at radius 2 is 2.21 bits per heavy atom. The van der Waals surface area contributed by atoms with Crippen molar-refractivity contribution in [1.29, 1.82) is 0 Å². The highest BCUT2D eigenvalue weighted by atomic mass is 35.5. The Kier molecular flexibility index (Phi) is 4.87. The SMILES string of the molecule is Cl.c1cc(COC2CCNC2)ccn1. The minimum absolute atomic E-state index is 0. The van der Waals surface area contributed by atoms with Crippen molar-refractivity contribution >= 4 is 12.4 Å². The van der Waals surface area contributed by atoms with Crippen LogP contribution in [0.1, 0.15) is 12.0 Å². The molecule has 1 aliphatic rings. The molecule has 1 aromatic rings. The van der Waals surface area contributed by atoms with E-state index in [-0.39, 0.29) is 12.4 Å². The Morgan fingerprint density at radius 3 is 2.86 bits per heavy atom. The lowest BCUT2D eigenvalue weighted by atomic mass is 10.3. The minimum Gasteiger partial charge on any atom is -0.372 e. The molecule has 1 unspecified atom stereocenters. The normalized spacial score (nSPS) is 20.4. The summed E-state index contributed by atoms with van der Waals surface area (Å²) < 4.78 is 5.70. The molecular formula is C10H15ClN2O. The molecule has 1 atom stereocenters. The van der Waals surface area contributed by atoms with Gasteiger partial charge < -0.3 is 10.1 Å². The predicted molar refractivity (Wildman–Crippen MR) is 57.5 cm³/mol. The number of rotatable bonds is 3. The molecule has 3 nitrogen and oxygen atoms in total. The Bertz CT molecular complexity index is 250. The lowest BCUT2D eigenvalue weighted by molar-refractivity contribution is 0.0542. The summed E-state index contributed by atoms with van der Waals surface area (Å²) in [4.78, 5) is 3.96. The van der Waals surface area contributed by atoms with Crippen molar-refractivity contribution < 1.29 is 4.74 Å². The van der Waals surface area contributed by atoms with Crippen molar-refractivity contribution in [3.05, 3.63) is 30.1 Å². The van der Waals surface area contributed by atoms with Gasteiger partial charge in [0.05, 0.1) is 12.7 Å². The summed E-state index contributed by atoms with van der Waals surface area (Å²) in [5, 5.41) is 3.27. The van der Waals surface area contributed by atoms with Crippen LogP contribution in [0, 0.1) is 0 Å². The van der Waals surface area contributed by atoms with Crippen LogP contribution in [0.3, 0.4) is 0 Å². The largest absolute Gasteiger partial charge is 0.372 e. The monoisotopic (exact) mass is 214 g/mol. The lowest BCUT2D eigenvalue weighted by Crippen LogP contribution is -2.16. The van der Waals surface area contributed by atoms with Crippen molar-refractivity contribution in [3.8, 4) is 0 Å². The molecule has 2 rings (SSSR count). The van der Waals surface area contributed by atoms with E-state index >= 15 is 0 Å². The number of pyridine rings is 1. The van der Waals surface area contributed by atoms with E-state index in [1.807, 2.05) is 12.1 Å². The zero-order chi connectivity index (χ0) is 8.93. The summed E-state index contributed by atoms with van der Waals surface area (Å²) in [5.74, 6) is 0. The van der Waals surface area contributed by atoms with Crippen LogP contribution in [0.4, 0.5) is 0 Å². The lowest BCUT2D eigenvalue weighted by Gasteiger charge is -2.09. The van der Waals surface area contributed by atoms with Crippen LogP contribution >= 0.6 is 12.4 Å². The summed E-state index contributed by atoms with van der Waals surface area (Å²) in [6, 6.07) is 3.98. The number of nitrogens with zero attached hydrogens (tertiary/aromatic N) is 1. The molecule has 0 radical (unpaired) electrons. The average molecular weight is 215 g/mol. The van der Waals surface area contributed by atoms with Crippen LogP contribution in [-0.2, 0) is 11.3 Å². The Balaban J connectivity index is 0.000000980. The summed E-state index contributed by atoms with van der Waals surface area (Å²) in [6.07, 6.45) is 5.12. The van der Waals surface area contributed by atoms with Crippen molar-refractivity contribution in [2.75, 3.05) is 13.1 Å². The van der Waals surface area contributed by atoms with E-state index in [9.17, 15) is 0 Å². The van der Waals surface area contributed by atoms with E-state index in [0.29, 0.717) is 12.7 Å². The van der Waals surface area contributed by atoms with Crippen molar-refractivity contribution in [1.82, 2.24) is 10.3 Å². The molecule has 0 aromatic carbocycles. The van der Waals surface area contributed by atoms with E-state index in [0.717, 1.165) is 19.5 Å². The average Bonchev–Trinajstić information content (AvgIpc) is 2.69. The van der Waals surface area contributed by atoms with Gasteiger partial charge >= 0.3 is 0 Å². The third kappa shape index (κ3) is 3.25. The van der Waals surface area contributed by atoms with Crippen molar-refractivity contribution in [3.63, 3.8) is 0 Å². The number of hydrogen-bond acceptors (Lipinski definition) is 3. The zero-order valence-electron chi connectivity index (χ0n) is 7.98. The van der Waals surface area contributed by atoms with Gasteiger partial charge in [0.1, 0.15) is 0 Å². The number of nitrogens with one attached hydrogen (secondary N) is 1. The van der Waals surface area contributed by atoms with Crippen LogP contribution in [0.15, 0.2) is 24.5 Å². The molecular weight excluding hydrogens is 200 g/mol. The van der Waals surface area contributed by atoms with E-state index in [1.54, 1.807) is 12.4 Å². The Labute approximate surface area is 90.3 Å². The summed E-state index contributed by atoms with van der Waals surface area (Å²) in [6.45, 7) is 2.78. The molecule has 4 heteroatoms. The van der Waals surface area contributed by atoms with Gasteiger partial charge in [0.25, 0.3) is 0 Å². The number of ether oxygens (including phenoxy) is 1. The van der Waals surface area contributed by atoms with Crippen LogP contribution in [0.25, 0.3) is 0 Å². The van der Waals surface area contributed by atoms with Crippen molar-refractivity contribution in [2.45, 2.75) is 19.1 Å². The summed E-state index contributed by atoms with van der Waals surface area (Å²) >= 11 is 0. The molecule has 1 aliphatic heterocycles. The molecule has 1 saturated heterocycles. The molecule has 0 spiro atoms. The second-order valence-electron chi connectivity index (χ2n) is 3.28. The molecule has 78 valence electrons. The maximum absolute atomic E-state index is 5.70. The quantitative estimate of drug-likeness (QED) is 0.826. The van der Waals surface area contributed by atoms with E-state index in [1.165, 1.54) is 5.56 Å². The number of aromatic nitrogens is 1. The van der Waals surface area contributed by atoms with Gasteiger partial charge in [0.2, 0.25) is 0 Å². The first-order valence-electron chi connectivity index (χ1n) is 4.66. The molecule has 0 bridgehead atoms. The number of hydrogen-bond donors (Lipinski definition) is 1. The molecule has 1 aromatic heterocycles. The molecule has 14 heavy (non-hydrogen) atoms. The van der Waals surface area contributed by atoms with Gasteiger partial charge in [-0.2, -0.15) is 0 Å². The fourth-order valence-corrected chi connectivity index (χ4v) is 1.46. The minimum atomic E-state index is 0. The highest BCUT2D eigenvalue weighted by Crippen LogP contribution is 2.07. The van der Waals surface area contributed by atoms with Gasteiger partial charge in [-0.25, -0.2) is 0 Å². The van der Waals surface area contributed by atoms with Crippen LogP contribution < -0.4 is 5.32 Å². The zero-order valence-corrected chi connectivity index (χ0v) is 8.80. The first kappa shape index (κ1) is 11.4. The van der Waals surface area contributed by atoms with Crippen molar-refractivity contribution in [2.24, 2.45) is 0 Å². The van der Waals surface area contributed by atoms with Crippen LogP contribution in [0.2, 0.25) is 0 Å². The Hall–Kier alpha value is -0.640. The van der Waals surface area contributed by atoms with E-state index < -0.39 is 0 Å². The van der Waals surface area contributed by atoms with Gasteiger partial charge in [0, 0.05) is 18.9 Å².